The number of carbonyl (C=O) groups excluding carboxylic acids is 1. The summed E-state index contributed by atoms with van der Waals surface area (Å²) in [6.07, 6.45) is -3.95. The van der Waals surface area contributed by atoms with Crippen LogP contribution < -0.4 is 10.2 Å². The number of nitro benzene ring substituents is 1. The SMILES string of the molecule is O=C(Nc1ccc(F)c([N+](=O)[O-])c1)C1CCN(c2ccc3nnc(C(F)(F)F)n3n2)CC1. The summed E-state index contributed by atoms with van der Waals surface area (Å²) in [7, 11) is 0. The van der Waals surface area contributed by atoms with Crippen molar-refractivity contribution in [1.29, 1.82) is 0 Å². The zero-order valence-electron chi connectivity index (χ0n) is 16.2. The summed E-state index contributed by atoms with van der Waals surface area (Å²) in [6.45, 7) is 0.702. The Bertz CT molecular complexity index is 1190. The number of anilines is 2. The molecule has 3 heterocycles. The normalized spacial score (nSPS) is 15.2. The number of carbonyl (C=O) groups is 1. The van der Waals surface area contributed by atoms with Crippen molar-refractivity contribution in [3.63, 3.8) is 0 Å². The largest absolute Gasteiger partial charge is 0.453 e. The van der Waals surface area contributed by atoms with Crippen molar-refractivity contribution < 1.29 is 27.3 Å². The third-order valence-electron chi connectivity index (χ3n) is 5.10. The smallest absolute Gasteiger partial charge is 0.355 e. The van der Waals surface area contributed by atoms with Crippen LogP contribution in [0.15, 0.2) is 30.3 Å². The fourth-order valence-electron chi connectivity index (χ4n) is 3.47. The molecule has 4 rings (SSSR count). The maximum atomic E-state index is 13.4. The van der Waals surface area contributed by atoms with Crippen LogP contribution in [0.2, 0.25) is 0 Å². The Kier molecular flexibility index (Phi) is 5.36. The fraction of sp³-hybridized carbons (Fsp3) is 0.333. The number of piperidine rings is 1. The number of aromatic nitrogens is 4. The van der Waals surface area contributed by atoms with Crippen LogP contribution in [0.5, 0.6) is 0 Å². The first kappa shape index (κ1) is 21.4. The molecular formula is C18H15F4N7O3. The van der Waals surface area contributed by atoms with E-state index in [4.69, 9.17) is 0 Å². The molecule has 32 heavy (non-hydrogen) atoms. The lowest BCUT2D eigenvalue weighted by Crippen LogP contribution is -2.38. The first-order valence-electron chi connectivity index (χ1n) is 9.43. The second-order valence-corrected chi connectivity index (χ2v) is 7.16. The van der Waals surface area contributed by atoms with E-state index in [0.29, 0.717) is 30.4 Å². The molecule has 1 saturated heterocycles. The second-order valence-electron chi connectivity index (χ2n) is 7.16. The lowest BCUT2D eigenvalue weighted by atomic mass is 9.96. The van der Waals surface area contributed by atoms with Gasteiger partial charge in [0.2, 0.25) is 11.7 Å². The van der Waals surface area contributed by atoms with Crippen molar-refractivity contribution in [2.24, 2.45) is 5.92 Å². The minimum atomic E-state index is -4.70. The van der Waals surface area contributed by atoms with Gasteiger partial charge in [0, 0.05) is 30.8 Å². The highest BCUT2D eigenvalue weighted by Crippen LogP contribution is 2.29. The first-order chi connectivity index (χ1) is 15.1. The van der Waals surface area contributed by atoms with Crippen molar-refractivity contribution >= 4 is 28.7 Å². The Hall–Kier alpha value is -3.84. The van der Waals surface area contributed by atoms with Crippen LogP contribution in [0.4, 0.5) is 34.8 Å². The number of benzene rings is 1. The number of halogens is 4. The Labute approximate surface area is 177 Å². The van der Waals surface area contributed by atoms with E-state index in [9.17, 15) is 32.5 Å². The molecule has 2 aromatic heterocycles. The number of hydrogen-bond acceptors (Lipinski definition) is 7. The topological polar surface area (TPSA) is 119 Å². The van der Waals surface area contributed by atoms with Crippen LogP contribution in [0.25, 0.3) is 5.65 Å². The second kappa shape index (κ2) is 8.01. The van der Waals surface area contributed by atoms with Crippen LogP contribution in [-0.2, 0) is 11.0 Å². The molecule has 10 nitrogen and oxygen atoms in total. The summed E-state index contributed by atoms with van der Waals surface area (Å²) >= 11 is 0. The summed E-state index contributed by atoms with van der Waals surface area (Å²) in [5.41, 5.74) is -0.681. The summed E-state index contributed by atoms with van der Waals surface area (Å²) in [6, 6.07) is 5.98. The number of hydrogen-bond donors (Lipinski definition) is 1. The Morgan fingerprint density at radius 3 is 2.53 bits per heavy atom. The molecule has 14 heteroatoms. The average molecular weight is 453 g/mol. The van der Waals surface area contributed by atoms with Gasteiger partial charge < -0.3 is 10.2 Å². The standard InChI is InChI=1S/C18H15F4N7O3/c19-12-2-1-11(9-13(12)29(31)32)23-16(30)10-5-7-27(8-6-10)15-4-3-14-24-25-17(18(20,21)22)28(14)26-15/h1-4,9-10H,5-8H2,(H,23,30). The Morgan fingerprint density at radius 1 is 1.16 bits per heavy atom. The lowest BCUT2D eigenvalue weighted by molar-refractivity contribution is -0.387. The highest BCUT2D eigenvalue weighted by atomic mass is 19.4. The number of nitro groups is 1. The molecule has 0 bridgehead atoms. The van der Waals surface area contributed by atoms with E-state index < -0.39 is 34.3 Å². The minimum absolute atomic E-state index is 0.0382. The van der Waals surface area contributed by atoms with Gasteiger partial charge in [-0.25, -0.2) is 0 Å². The van der Waals surface area contributed by atoms with Crippen molar-refractivity contribution in [1.82, 2.24) is 19.8 Å². The van der Waals surface area contributed by atoms with Crippen molar-refractivity contribution in [3.8, 4) is 0 Å². The highest BCUT2D eigenvalue weighted by Gasteiger charge is 2.38. The summed E-state index contributed by atoms with van der Waals surface area (Å²) in [4.78, 5) is 24.2. The van der Waals surface area contributed by atoms with E-state index in [-0.39, 0.29) is 23.1 Å². The molecule has 1 amide bonds. The van der Waals surface area contributed by atoms with Gasteiger partial charge in [0.25, 0.3) is 5.82 Å². The monoisotopic (exact) mass is 453 g/mol. The highest BCUT2D eigenvalue weighted by molar-refractivity contribution is 5.93. The molecule has 0 unspecified atom stereocenters. The number of nitrogens with zero attached hydrogens (tertiary/aromatic N) is 6. The number of rotatable bonds is 4. The molecule has 1 aromatic carbocycles. The van der Waals surface area contributed by atoms with Crippen molar-refractivity contribution in [2.75, 3.05) is 23.3 Å². The van der Waals surface area contributed by atoms with E-state index in [2.05, 4.69) is 20.6 Å². The quantitative estimate of drug-likeness (QED) is 0.366. The van der Waals surface area contributed by atoms with Gasteiger partial charge in [0.05, 0.1) is 4.92 Å². The van der Waals surface area contributed by atoms with E-state index in [1.807, 2.05) is 0 Å². The molecule has 1 fully saturated rings. The van der Waals surface area contributed by atoms with E-state index >= 15 is 0 Å². The van der Waals surface area contributed by atoms with Crippen LogP contribution >= 0.6 is 0 Å². The van der Waals surface area contributed by atoms with Crippen LogP contribution in [-0.4, -0.2) is 43.7 Å². The number of amides is 1. The predicted octanol–water partition coefficient (Wildman–Crippen LogP) is 3.05. The van der Waals surface area contributed by atoms with Gasteiger partial charge in [0.15, 0.2) is 5.65 Å². The Balaban J connectivity index is 1.42. The van der Waals surface area contributed by atoms with E-state index in [1.54, 1.807) is 4.90 Å². The average Bonchev–Trinajstić information content (AvgIpc) is 3.19. The minimum Gasteiger partial charge on any atom is -0.355 e. The van der Waals surface area contributed by atoms with Crippen molar-refractivity contribution in [2.45, 2.75) is 19.0 Å². The van der Waals surface area contributed by atoms with E-state index in [1.165, 1.54) is 18.2 Å². The fourth-order valence-corrected chi connectivity index (χ4v) is 3.47. The Morgan fingerprint density at radius 2 is 1.88 bits per heavy atom. The third-order valence-corrected chi connectivity index (χ3v) is 5.10. The van der Waals surface area contributed by atoms with E-state index in [0.717, 1.165) is 12.1 Å². The van der Waals surface area contributed by atoms with Gasteiger partial charge in [-0.2, -0.15) is 22.1 Å². The predicted molar refractivity (Wildman–Crippen MR) is 102 cm³/mol. The molecule has 1 aliphatic heterocycles. The van der Waals surface area contributed by atoms with Crippen LogP contribution in [0.3, 0.4) is 0 Å². The van der Waals surface area contributed by atoms with Crippen molar-refractivity contribution in [3.05, 3.63) is 52.1 Å². The molecule has 3 aromatic rings. The maximum Gasteiger partial charge on any atom is 0.453 e. The zero-order chi connectivity index (χ0) is 23.0. The summed E-state index contributed by atoms with van der Waals surface area (Å²) < 4.78 is 53.2. The van der Waals surface area contributed by atoms with Crippen LogP contribution in [0.1, 0.15) is 18.7 Å². The molecule has 0 radical (unpaired) electrons. The van der Waals surface area contributed by atoms with Gasteiger partial charge >= 0.3 is 11.9 Å². The molecule has 0 atom stereocenters. The summed E-state index contributed by atoms with van der Waals surface area (Å²) in [5, 5.41) is 24.0. The molecule has 1 aliphatic rings. The van der Waals surface area contributed by atoms with Gasteiger partial charge in [0.1, 0.15) is 5.82 Å². The first-order valence-corrected chi connectivity index (χ1v) is 9.43. The molecule has 1 N–H and O–H groups in total. The van der Waals surface area contributed by atoms with Gasteiger partial charge in [-0.3, -0.25) is 14.9 Å². The molecule has 0 aliphatic carbocycles. The maximum absolute atomic E-state index is 13.4. The molecular weight excluding hydrogens is 438 g/mol. The third kappa shape index (κ3) is 4.15. The molecule has 168 valence electrons. The van der Waals surface area contributed by atoms with Gasteiger partial charge in [-0.15, -0.1) is 15.3 Å². The van der Waals surface area contributed by atoms with Gasteiger partial charge in [-0.05, 0) is 37.1 Å². The lowest BCUT2D eigenvalue weighted by Gasteiger charge is -2.32. The number of alkyl halides is 3. The van der Waals surface area contributed by atoms with Crippen LogP contribution in [0, 0.1) is 21.8 Å². The number of nitrogens with one attached hydrogen (secondary N) is 1. The zero-order valence-corrected chi connectivity index (χ0v) is 16.2. The summed E-state index contributed by atoms with van der Waals surface area (Å²) in [5.74, 6) is -2.76. The van der Waals surface area contributed by atoms with Gasteiger partial charge in [-0.1, -0.05) is 0 Å². The molecule has 0 saturated carbocycles. The molecule has 0 spiro atoms. The number of fused-ring (bicyclic) bond motifs is 1.